The van der Waals surface area contributed by atoms with Gasteiger partial charge in [0.2, 0.25) is 0 Å². The molecule has 1 N–H and O–H groups in total. The van der Waals surface area contributed by atoms with Crippen molar-refractivity contribution < 1.29 is 24.4 Å². The van der Waals surface area contributed by atoms with Gasteiger partial charge in [0.05, 0.1) is 10.5 Å². The van der Waals surface area contributed by atoms with Crippen LogP contribution >= 0.6 is 0 Å². The molecule has 1 aliphatic rings. The summed E-state index contributed by atoms with van der Waals surface area (Å²) < 4.78 is 5.50. The van der Waals surface area contributed by atoms with Crippen LogP contribution < -0.4 is 4.90 Å². The van der Waals surface area contributed by atoms with Crippen LogP contribution in [0.3, 0.4) is 0 Å². The van der Waals surface area contributed by atoms with Crippen molar-refractivity contribution in [1.29, 1.82) is 0 Å². The number of nitro benzene ring substituents is 1. The number of fused-ring (bicyclic) bond motifs is 3. The predicted molar refractivity (Wildman–Crippen MR) is 114 cm³/mol. The number of nitrogens with zero attached hydrogens (tertiary/aromatic N) is 2. The molecule has 0 aliphatic heterocycles. The Morgan fingerprint density at radius 1 is 1.00 bits per heavy atom. The summed E-state index contributed by atoms with van der Waals surface area (Å²) in [5.41, 5.74) is 3.02. The van der Waals surface area contributed by atoms with Gasteiger partial charge in [0, 0.05) is 19.0 Å². The Morgan fingerprint density at radius 2 is 1.58 bits per heavy atom. The van der Waals surface area contributed by atoms with Gasteiger partial charge in [0.25, 0.3) is 5.69 Å². The number of ether oxygens (including phenoxy) is 1. The summed E-state index contributed by atoms with van der Waals surface area (Å²) in [4.78, 5) is 35.9. The van der Waals surface area contributed by atoms with Crippen LogP contribution in [-0.2, 0) is 4.74 Å². The van der Waals surface area contributed by atoms with E-state index in [4.69, 9.17) is 4.74 Å². The van der Waals surface area contributed by atoms with Crippen LogP contribution in [-0.4, -0.2) is 35.7 Å². The summed E-state index contributed by atoms with van der Waals surface area (Å²) in [5.74, 6) is -1.56. The Morgan fingerprint density at radius 3 is 2.13 bits per heavy atom. The highest BCUT2D eigenvalue weighted by molar-refractivity contribution is 6.02. The fraction of sp³-hybridized carbons (Fsp3) is 0.130. The molecule has 3 aromatic rings. The molecule has 4 rings (SSSR count). The molecule has 0 saturated heterocycles. The molecule has 1 amide bonds. The maximum absolute atomic E-state index is 12.8. The van der Waals surface area contributed by atoms with E-state index in [0.29, 0.717) is 0 Å². The van der Waals surface area contributed by atoms with E-state index in [1.807, 2.05) is 48.5 Å². The van der Waals surface area contributed by atoms with E-state index in [2.05, 4.69) is 0 Å². The number of benzene rings is 3. The molecule has 3 aromatic carbocycles. The van der Waals surface area contributed by atoms with E-state index in [1.165, 1.54) is 19.2 Å². The van der Waals surface area contributed by atoms with Crippen molar-refractivity contribution in [3.05, 3.63) is 93.5 Å². The smallest absolute Gasteiger partial charge is 0.414 e. The van der Waals surface area contributed by atoms with Crippen LogP contribution in [0.1, 0.15) is 27.4 Å². The number of carboxylic acid groups (broad SMARTS) is 1. The quantitative estimate of drug-likeness (QED) is 0.476. The first-order chi connectivity index (χ1) is 14.9. The molecule has 0 unspecified atom stereocenters. The SMILES string of the molecule is CN(C(=O)OCC1c2ccccc2-c2ccccc21)c1c(C(=O)O)cccc1[N+](=O)[O-]. The number of nitro groups is 1. The number of aromatic carboxylic acids is 1. The van der Waals surface area contributed by atoms with Gasteiger partial charge in [-0.3, -0.25) is 15.0 Å². The first-order valence-corrected chi connectivity index (χ1v) is 9.49. The summed E-state index contributed by atoms with van der Waals surface area (Å²) in [6, 6.07) is 19.3. The number of rotatable bonds is 5. The van der Waals surface area contributed by atoms with E-state index in [9.17, 15) is 24.8 Å². The number of carbonyl (C=O) groups excluding carboxylic acids is 1. The third-order valence-corrected chi connectivity index (χ3v) is 5.39. The molecule has 0 heterocycles. The van der Waals surface area contributed by atoms with Crippen molar-refractivity contribution >= 4 is 23.4 Å². The molecule has 31 heavy (non-hydrogen) atoms. The second-order valence-corrected chi connectivity index (χ2v) is 7.10. The largest absolute Gasteiger partial charge is 0.478 e. The molecule has 0 fully saturated rings. The van der Waals surface area contributed by atoms with Gasteiger partial charge in [-0.2, -0.15) is 0 Å². The summed E-state index contributed by atoms with van der Waals surface area (Å²) >= 11 is 0. The van der Waals surface area contributed by atoms with Crippen LogP contribution in [0.4, 0.5) is 16.2 Å². The van der Waals surface area contributed by atoms with Crippen LogP contribution in [0.5, 0.6) is 0 Å². The Balaban J connectivity index is 1.61. The molecule has 0 saturated carbocycles. The van der Waals surface area contributed by atoms with E-state index in [-0.39, 0.29) is 23.8 Å². The second kappa shape index (κ2) is 7.91. The number of carboxylic acids is 1. The van der Waals surface area contributed by atoms with Crippen LogP contribution in [0.15, 0.2) is 66.7 Å². The molecule has 1 aliphatic carbocycles. The zero-order valence-corrected chi connectivity index (χ0v) is 16.5. The van der Waals surface area contributed by atoms with Gasteiger partial charge >= 0.3 is 12.1 Å². The van der Waals surface area contributed by atoms with Crippen molar-refractivity contribution in [2.75, 3.05) is 18.6 Å². The zero-order valence-electron chi connectivity index (χ0n) is 16.5. The van der Waals surface area contributed by atoms with E-state index in [1.54, 1.807) is 0 Å². The van der Waals surface area contributed by atoms with Crippen molar-refractivity contribution in [2.24, 2.45) is 0 Å². The monoisotopic (exact) mass is 418 g/mol. The fourth-order valence-electron chi connectivity index (χ4n) is 3.99. The van der Waals surface area contributed by atoms with Crippen LogP contribution in [0, 0.1) is 10.1 Å². The number of hydrogen-bond acceptors (Lipinski definition) is 5. The summed E-state index contributed by atoms with van der Waals surface area (Å²) in [6.07, 6.45) is -0.876. The number of para-hydroxylation sites is 1. The van der Waals surface area contributed by atoms with E-state index < -0.39 is 22.7 Å². The Labute approximate surface area is 177 Å². The fourth-order valence-corrected chi connectivity index (χ4v) is 3.99. The minimum atomic E-state index is -1.38. The lowest BCUT2D eigenvalue weighted by atomic mass is 9.98. The first kappa shape index (κ1) is 20.1. The van der Waals surface area contributed by atoms with Gasteiger partial charge in [-0.1, -0.05) is 54.6 Å². The van der Waals surface area contributed by atoms with Gasteiger partial charge in [0.1, 0.15) is 12.3 Å². The Kier molecular flexibility index (Phi) is 5.12. The van der Waals surface area contributed by atoms with Crippen molar-refractivity contribution in [3.63, 3.8) is 0 Å². The molecule has 156 valence electrons. The van der Waals surface area contributed by atoms with Gasteiger partial charge in [-0.15, -0.1) is 0 Å². The van der Waals surface area contributed by atoms with E-state index in [0.717, 1.165) is 33.2 Å². The van der Waals surface area contributed by atoms with Gasteiger partial charge in [-0.25, -0.2) is 9.59 Å². The zero-order chi connectivity index (χ0) is 22.1. The minimum absolute atomic E-state index is 0.0141. The first-order valence-electron chi connectivity index (χ1n) is 9.49. The normalized spacial score (nSPS) is 12.0. The number of amides is 1. The van der Waals surface area contributed by atoms with Gasteiger partial charge in [-0.05, 0) is 28.3 Å². The molecule has 8 heteroatoms. The highest BCUT2D eigenvalue weighted by Gasteiger charge is 2.32. The second-order valence-electron chi connectivity index (χ2n) is 7.10. The highest BCUT2D eigenvalue weighted by atomic mass is 16.6. The molecular weight excluding hydrogens is 400 g/mol. The van der Waals surface area contributed by atoms with Crippen molar-refractivity contribution in [3.8, 4) is 11.1 Å². The third-order valence-electron chi connectivity index (χ3n) is 5.39. The van der Waals surface area contributed by atoms with Crippen molar-refractivity contribution in [2.45, 2.75) is 5.92 Å². The molecule has 0 aromatic heterocycles. The maximum atomic E-state index is 12.8. The van der Waals surface area contributed by atoms with Crippen LogP contribution in [0.2, 0.25) is 0 Å². The van der Waals surface area contributed by atoms with Crippen molar-refractivity contribution in [1.82, 2.24) is 0 Å². The molecular formula is C23H18N2O6. The molecule has 0 atom stereocenters. The lowest BCUT2D eigenvalue weighted by molar-refractivity contribution is -0.384. The summed E-state index contributed by atoms with van der Waals surface area (Å²) in [7, 11) is 1.26. The Bertz CT molecular complexity index is 1130. The Hall–Kier alpha value is -4.20. The van der Waals surface area contributed by atoms with E-state index >= 15 is 0 Å². The summed E-state index contributed by atoms with van der Waals surface area (Å²) in [5, 5.41) is 20.8. The molecule has 0 bridgehead atoms. The number of hydrogen-bond donors (Lipinski definition) is 1. The van der Waals surface area contributed by atoms with Gasteiger partial charge < -0.3 is 9.84 Å². The average Bonchev–Trinajstić information content (AvgIpc) is 3.10. The highest BCUT2D eigenvalue weighted by Crippen LogP contribution is 2.44. The maximum Gasteiger partial charge on any atom is 0.414 e. The predicted octanol–water partition coefficient (Wildman–Crippen LogP) is 4.68. The third kappa shape index (κ3) is 3.48. The topological polar surface area (TPSA) is 110 Å². The molecule has 8 nitrogen and oxygen atoms in total. The standard InChI is InChI=1S/C23H18N2O6/c1-24(21-18(22(26)27)11-6-12-20(21)25(29)30)23(28)31-13-19-16-9-4-2-7-14(16)15-8-3-5-10-17(15)19/h2-12,19H,13H2,1H3,(H,26,27). The molecule has 0 radical (unpaired) electrons. The van der Waals surface area contributed by atoms with Crippen LogP contribution in [0.25, 0.3) is 11.1 Å². The molecule has 0 spiro atoms. The van der Waals surface area contributed by atoms with Gasteiger partial charge in [0.15, 0.2) is 0 Å². The minimum Gasteiger partial charge on any atom is -0.478 e. The number of carbonyl (C=O) groups is 2. The average molecular weight is 418 g/mol. The lowest BCUT2D eigenvalue weighted by Gasteiger charge is -2.21. The summed E-state index contributed by atoms with van der Waals surface area (Å²) in [6.45, 7) is 0.0141. The number of anilines is 1. The lowest BCUT2D eigenvalue weighted by Crippen LogP contribution is -2.30.